The first kappa shape index (κ1) is 27.6. The molecule has 0 aliphatic rings. The van der Waals surface area contributed by atoms with Crippen molar-refractivity contribution in [1.29, 1.82) is 0 Å². The molecule has 0 bridgehead atoms. The maximum atomic E-state index is 12.8. The fraction of sp³-hybridized carbons (Fsp3) is 0.552. The molecule has 0 unspecified atom stereocenters. The van der Waals surface area contributed by atoms with Crippen LogP contribution in [-0.2, 0) is 11.3 Å². The molecule has 0 saturated heterocycles. The molecule has 1 aromatic heterocycles. The lowest BCUT2D eigenvalue weighted by Crippen LogP contribution is -2.34. The topological polar surface area (TPSA) is 59.5 Å². The molecule has 0 N–H and O–H groups in total. The number of rotatable bonds is 17. The Morgan fingerprint density at radius 1 is 0.794 bits per heavy atom. The summed E-state index contributed by atoms with van der Waals surface area (Å²) < 4.78 is 5.83. The van der Waals surface area contributed by atoms with Crippen molar-refractivity contribution in [2.45, 2.75) is 97.4 Å². The highest BCUT2D eigenvalue weighted by Crippen LogP contribution is 2.16. The SMILES string of the molecule is CCCCCCCCCCCCCCOc1ccc(C(=O)N(Cc2ccccn2)C(C)=O)cc1. The number of unbranched alkanes of at least 4 members (excludes halogenated alkanes) is 11. The van der Waals surface area contributed by atoms with E-state index in [1.54, 1.807) is 42.6 Å². The van der Waals surface area contributed by atoms with E-state index in [1.165, 1.54) is 82.5 Å². The van der Waals surface area contributed by atoms with Crippen molar-refractivity contribution < 1.29 is 14.3 Å². The van der Waals surface area contributed by atoms with E-state index in [1.807, 2.05) is 6.07 Å². The molecule has 0 fully saturated rings. The van der Waals surface area contributed by atoms with Crippen molar-refractivity contribution in [2.75, 3.05) is 6.61 Å². The van der Waals surface area contributed by atoms with E-state index in [2.05, 4.69) is 11.9 Å². The maximum absolute atomic E-state index is 12.8. The van der Waals surface area contributed by atoms with Crippen molar-refractivity contribution in [2.24, 2.45) is 0 Å². The summed E-state index contributed by atoms with van der Waals surface area (Å²) in [5.74, 6) is 0.118. The lowest BCUT2D eigenvalue weighted by atomic mass is 10.1. The molecule has 0 saturated carbocycles. The molecule has 186 valence electrons. The van der Waals surface area contributed by atoms with Gasteiger partial charge in [-0.2, -0.15) is 0 Å². The third-order valence-electron chi connectivity index (χ3n) is 6.04. The molecule has 2 amide bonds. The molecule has 5 nitrogen and oxygen atoms in total. The van der Waals surface area contributed by atoms with E-state index in [0.29, 0.717) is 17.9 Å². The van der Waals surface area contributed by atoms with Crippen LogP contribution in [0.2, 0.25) is 0 Å². The van der Waals surface area contributed by atoms with Gasteiger partial charge in [-0.05, 0) is 42.8 Å². The minimum absolute atomic E-state index is 0.159. The lowest BCUT2D eigenvalue weighted by molar-refractivity contribution is -0.126. The van der Waals surface area contributed by atoms with Crippen LogP contribution in [0.5, 0.6) is 5.75 Å². The van der Waals surface area contributed by atoms with E-state index < -0.39 is 0 Å². The zero-order valence-electron chi connectivity index (χ0n) is 21.1. The average Bonchev–Trinajstić information content (AvgIpc) is 2.86. The van der Waals surface area contributed by atoms with Gasteiger partial charge < -0.3 is 4.74 Å². The van der Waals surface area contributed by atoms with Gasteiger partial charge >= 0.3 is 0 Å². The number of hydrogen-bond donors (Lipinski definition) is 0. The van der Waals surface area contributed by atoms with Gasteiger partial charge in [0.15, 0.2) is 0 Å². The predicted octanol–water partition coefficient (Wildman–Crippen LogP) is 7.35. The lowest BCUT2D eigenvalue weighted by Gasteiger charge is -2.19. The first-order valence-corrected chi connectivity index (χ1v) is 13.1. The molecular weight excluding hydrogens is 424 g/mol. The number of carbonyl (C=O) groups is 2. The van der Waals surface area contributed by atoms with Crippen molar-refractivity contribution in [3.63, 3.8) is 0 Å². The summed E-state index contributed by atoms with van der Waals surface area (Å²) in [7, 11) is 0. The van der Waals surface area contributed by atoms with E-state index in [9.17, 15) is 9.59 Å². The van der Waals surface area contributed by atoms with Crippen LogP contribution in [0.1, 0.15) is 107 Å². The molecule has 1 heterocycles. The maximum Gasteiger partial charge on any atom is 0.260 e. The summed E-state index contributed by atoms with van der Waals surface area (Å²) in [4.78, 5) is 30.3. The predicted molar refractivity (Wildman–Crippen MR) is 138 cm³/mol. The number of benzene rings is 1. The number of amides is 2. The van der Waals surface area contributed by atoms with Crippen molar-refractivity contribution in [3.05, 3.63) is 59.9 Å². The number of nitrogens with zero attached hydrogens (tertiary/aromatic N) is 2. The summed E-state index contributed by atoms with van der Waals surface area (Å²) in [5, 5.41) is 0. The Bertz CT molecular complexity index is 821. The van der Waals surface area contributed by atoms with Crippen molar-refractivity contribution >= 4 is 11.8 Å². The third kappa shape index (κ3) is 11.0. The molecule has 2 rings (SSSR count). The Balaban J connectivity index is 1.61. The van der Waals surface area contributed by atoms with Crippen LogP contribution in [0.15, 0.2) is 48.7 Å². The van der Waals surface area contributed by atoms with E-state index in [0.717, 1.165) is 12.2 Å². The first-order valence-electron chi connectivity index (χ1n) is 13.1. The second-order valence-electron chi connectivity index (χ2n) is 8.99. The quantitative estimate of drug-likeness (QED) is 0.229. The summed E-state index contributed by atoms with van der Waals surface area (Å²) in [5.41, 5.74) is 1.14. The summed E-state index contributed by atoms with van der Waals surface area (Å²) >= 11 is 0. The minimum Gasteiger partial charge on any atom is -0.494 e. The molecule has 0 spiro atoms. The van der Waals surface area contributed by atoms with E-state index in [-0.39, 0.29) is 18.4 Å². The first-order chi connectivity index (χ1) is 16.6. The van der Waals surface area contributed by atoms with Gasteiger partial charge in [-0.1, -0.05) is 83.6 Å². The Morgan fingerprint density at radius 3 is 1.91 bits per heavy atom. The zero-order valence-corrected chi connectivity index (χ0v) is 21.1. The molecule has 1 aromatic carbocycles. The Hall–Kier alpha value is -2.69. The highest BCUT2D eigenvalue weighted by molar-refractivity contribution is 6.04. The zero-order chi connectivity index (χ0) is 24.4. The van der Waals surface area contributed by atoms with Gasteiger partial charge in [-0.15, -0.1) is 0 Å². The van der Waals surface area contributed by atoms with Gasteiger partial charge in [0.05, 0.1) is 18.8 Å². The number of aromatic nitrogens is 1. The molecule has 0 aliphatic heterocycles. The van der Waals surface area contributed by atoms with Gasteiger partial charge in [0.25, 0.3) is 5.91 Å². The van der Waals surface area contributed by atoms with Crippen LogP contribution in [-0.4, -0.2) is 28.3 Å². The van der Waals surface area contributed by atoms with E-state index >= 15 is 0 Å². The minimum atomic E-state index is -0.328. The molecule has 2 aromatic rings. The van der Waals surface area contributed by atoms with Crippen LogP contribution >= 0.6 is 0 Å². The molecule has 34 heavy (non-hydrogen) atoms. The molecule has 0 aliphatic carbocycles. The third-order valence-corrected chi connectivity index (χ3v) is 6.04. The Kier molecular flexibility index (Phi) is 13.7. The van der Waals surface area contributed by atoms with Crippen molar-refractivity contribution in [3.8, 4) is 5.75 Å². The highest BCUT2D eigenvalue weighted by atomic mass is 16.5. The van der Waals surface area contributed by atoms with Crippen molar-refractivity contribution in [1.82, 2.24) is 9.88 Å². The van der Waals surface area contributed by atoms with Crippen LogP contribution < -0.4 is 4.74 Å². The normalized spacial score (nSPS) is 10.8. The molecule has 5 heteroatoms. The van der Waals surface area contributed by atoms with Crippen LogP contribution in [0, 0.1) is 0 Å². The van der Waals surface area contributed by atoms with Crippen LogP contribution in [0.3, 0.4) is 0 Å². The standard InChI is InChI=1S/C29H42N2O3/c1-3-4-5-6-7-8-9-10-11-12-13-16-23-34-28-20-18-26(19-21-28)29(33)31(25(2)32)24-27-17-14-15-22-30-27/h14-15,17-22H,3-13,16,23-24H2,1-2H3. The Morgan fingerprint density at radius 2 is 1.38 bits per heavy atom. The fourth-order valence-corrected chi connectivity index (χ4v) is 3.96. The van der Waals surface area contributed by atoms with Crippen LogP contribution in [0.25, 0.3) is 0 Å². The largest absolute Gasteiger partial charge is 0.494 e. The molecule has 0 atom stereocenters. The molecule has 0 radical (unpaired) electrons. The van der Waals surface area contributed by atoms with Gasteiger partial charge in [-0.25, -0.2) is 0 Å². The number of pyridine rings is 1. The summed E-state index contributed by atoms with van der Waals surface area (Å²) in [6.45, 7) is 4.50. The molecular formula is C29H42N2O3. The average molecular weight is 467 g/mol. The smallest absolute Gasteiger partial charge is 0.260 e. The van der Waals surface area contributed by atoms with Gasteiger partial charge in [0.2, 0.25) is 5.91 Å². The second-order valence-corrected chi connectivity index (χ2v) is 8.99. The Labute approximate surface area is 205 Å². The monoisotopic (exact) mass is 466 g/mol. The summed E-state index contributed by atoms with van der Waals surface area (Å²) in [6, 6.07) is 12.5. The van der Waals surface area contributed by atoms with Crippen LogP contribution in [0.4, 0.5) is 0 Å². The van der Waals surface area contributed by atoms with Gasteiger partial charge in [0, 0.05) is 18.7 Å². The number of imide groups is 1. The number of carbonyl (C=O) groups excluding carboxylic acids is 2. The fourth-order valence-electron chi connectivity index (χ4n) is 3.96. The number of hydrogen-bond acceptors (Lipinski definition) is 4. The second kappa shape index (κ2) is 16.9. The highest BCUT2D eigenvalue weighted by Gasteiger charge is 2.20. The van der Waals surface area contributed by atoms with E-state index in [4.69, 9.17) is 4.74 Å². The summed E-state index contributed by atoms with van der Waals surface area (Å²) in [6.07, 6.45) is 17.5. The number of ether oxygens (including phenoxy) is 1. The van der Waals surface area contributed by atoms with Gasteiger partial charge in [0.1, 0.15) is 5.75 Å². The van der Waals surface area contributed by atoms with Gasteiger partial charge in [-0.3, -0.25) is 19.5 Å².